The van der Waals surface area contributed by atoms with Gasteiger partial charge < -0.3 is 15.3 Å². The average Bonchev–Trinajstić information content (AvgIpc) is 2.74. The van der Waals surface area contributed by atoms with E-state index in [1.165, 1.54) is 6.20 Å². The molecule has 0 aromatic carbocycles. The molecule has 1 aromatic heterocycles. The van der Waals surface area contributed by atoms with E-state index in [1.54, 1.807) is 11.1 Å². The highest BCUT2D eigenvalue weighted by molar-refractivity contribution is 5.89. The maximum Gasteiger partial charge on any atom is 0.321 e. The number of carboxylic acid groups (broad SMARTS) is 1. The fourth-order valence-electron chi connectivity index (χ4n) is 2.05. The molecule has 8 heteroatoms. The first kappa shape index (κ1) is 13.3. The number of aromatic amines is 1. The van der Waals surface area contributed by atoms with Gasteiger partial charge in [-0.15, -0.1) is 0 Å². The van der Waals surface area contributed by atoms with E-state index in [0.29, 0.717) is 31.9 Å². The number of H-pyrrole nitrogens is 1. The van der Waals surface area contributed by atoms with Crippen LogP contribution in [0.4, 0.5) is 10.5 Å². The zero-order valence-corrected chi connectivity index (χ0v) is 10.5. The van der Waals surface area contributed by atoms with Crippen LogP contribution >= 0.6 is 0 Å². The number of amides is 2. The van der Waals surface area contributed by atoms with Gasteiger partial charge in [0.1, 0.15) is 0 Å². The Bertz CT molecular complexity index is 434. The van der Waals surface area contributed by atoms with Gasteiger partial charge in [-0.25, -0.2) is 4.79 Å². The molecule has 0 spiro atoms. The lowest BCUT2D eigenvalue weighted by Crippen LogP contribution is -2.38. The van der Waals surface area contributed by atoms with Gasteiger partial charge in [-0.1, -0.05) is 0 Å². The third-order valence-electron chi connectivity index (χ3n) is 2.98. The number of hydrogen-bond donors (Lipinski definition) is 3. The number of aliphatic carboxylic acids is 1. The Morgan fingerprint density at radius 2 is 2.21 bits per heavy atom. The summed E-state index contributed by atoms with van der Waals surface area (Å²) in [5.41, 5.74) is 0.622. The molecule has 1 aliphatic heterocycles. The van der Waals surface area contributed by atoms with Gasteiger partial charge in [0.25, 0.3) is 0 Å². The summed E-state index contributed by atoms with van der Waals surface area (Å²) in [6.45, 7) is 2.45. The van der Waals surface area contributed by atoms with Crippen LogP contribution in [0.15, 0.2) is 12.4 Å². The smallest absolute Gasteiger partial charge is 0.321 e. The van der Waals surface area contributed by atoms with Gasteiger partial charge in [0.05, 0.1) is 18.4 Å². The first-order chi connectivity index (χ1) is 9.15. The van der Waals surface area contributed by atoms with E-state index in [2.05, 4.69) is 15.5 Å². The summed E-state index contributed by atoms with van der Waals surface area (Å²) >= 11 is 0. The molecule has 2 amide bonds. The molecule has 3 N–H and O–H groups in total. The highest BCUT2D eigenvalue weighted by Gasteiger charge is 2.20. The number of aromatic nitrogens is 2. The topological polar surface area (TPSA) is 102 Å². The van der Waals surface area contributed by atoms with Crippen molar-refractivity contribution in [1.82, 2.24) is 20.0 Å². The lowest BCUT2D eigenvalue weighted by atomic mass is 10.4. The minimum Gasteiger partial charge on any atom is -0.480 e. The maximum absolute atomic E-state index is 12.0. The van der Waals surface area contributed by atoms with Crippen molar-refractivity contribution in [3.8, 4) is 0 Å². The summed E-state index contributed by atoms with van der Waals surface area (Å²) in [4.78, 5) is 26.2. The standard InChI is InChI=1S/C11H17N5O3/c17-10(18)8-15-2-1-3-16(5-4-15)11(19)14-9-6-12-13-7-9/h6-7H,1-5,8H2,(H,12,13)(H,14,19)(H,17,18). The highest BCUT2D eigenvalue weighted by Crippen LogP contribution is 2.07. The van der Waals surface area contributed by atoms with Crippen LogP contribution in [0.25, 0.3) is 0 Å². The molecule has 2 heterocycles. The maximum atomic E-state index is 12.0. The summed E-state index contributed by atoms with van der Waals surface area (Å²) in [6, 6.07) is -0.182. The summed E-state index contributed by atoms with van der Waals surface area (Å²) < 4.78 is 0. The fraction of sp³-hybridized carbons (Fsp3) is 0.545. The molecule has 0 radical (unpaired) electrons. The van der Waals surface area contributed by atoms with E-state index in [0.717, 1.165) is 6.42 Å². The van der Waals surface area contributed by atoms with Gasteiger partial charge >= 0.3 is 12.0 Å². The third kappa shape index (κ3) is 3.95. The zero-order chi connectivity index (χ0) is 13.7. The number of carbonyl (C=O) groups excluding carboxylic acids is 1. The largest absolute Gasteiger partial charge is 0.480 e. The predicted molar refractivity (Wildman–Crippen MR) is 67.9 cm³/mol. The molecule has 0 atom stereocenters. The Labute approximate surface area is 110 Å². The highest BCUT2D eigenvalue weighted by atomic mass is 16.4. The molecular formula is C11H17N5O3. The number of anilines is 1. The van der Waals surface area contributed by atoms with Gasteiger partial charge in [-0.3, -0.25) is 14.8 Å². The van der Waals surface area contributed by atoms with Crippen LogP contribution in [-0.2, 0) is 4.79 Å². The minimum absolute atomic E-state index is 0.0250. The first-order valence-electron chi connectivity index (χ1n) is 6.14. The number of nitrogens with one attached hydrogen (secondary N) is 2. The van der Waals surface area contributed by atoms with Gasteiger partial charge in [0.2, 0.25) is 0 Å². The zero-order valence-electron chi connectivity index (χ0n) is 10.5. The SMILES string of the molecule is O=C(O)CN1CCCN(C(=O)Nc2cn[nH]c2)CC1. The van der Waals surface area contributed by atoms with Crippen molar-refractivity contribution in [1.29, 1.82) is 0 Å². The molecule has 8 nitrogen and oxygen atoms in total. The first-order valence-corrected chi connectivity index (χ1v) is 6.14. The molecule has 1 saturated heterocycles. The molecule has 0 saturated carbocycles. The second-order valence-corrected chi connectivity index (χ2v) is 4.43. The van der Waals surface area contributed by atoms with Crippen molar-refractivity contribution in [2.24, 2.45) is 0 Å². The summed E-state index contributed by atoms with van der Waals surface area (Å²) in [5.74, 6) is -0.837. The van der Waals surface area contributed by atoms with Crippen LogP contribution in [0.2, 0.25) is 0 Å². The van der Waals surface area contributed by atoms with E-state index in [9.17, 15) is 9.59 Å². The summed E-state index contributed by atoms with van der Waals surface area (Å²) in [5, 5.41) is 17.9. The van der Waals surface area contributed by atoms with E-state index in [4.69, 9.17) is 5.11 Å². The Morgan fingerprint density at radius 1 is 1.37 bits per heavy atom. The monoisotopic (exact) mass is 267 g/mol. The second kappa shape index (κ2) is 6.19. The third-order valence-corrected chi connectivity index (χ3v) is 2.98. The van der Waals surface area contributed by atoms with Gasteiger partial charge in [-0.2, -0.15) is 5.10 Å². The molecule has 0 bridgehead atoms. The minimum atomic E-state index is -0.837. The van der Waals surface area contributed by atoms with Crippen LogP contribution in [0, 0.1) is 0 Å². The molecule has 1 aromatic rings. The van der Waals surface area contributed by atoms with Crippen molar-refractivity contribution < 1.29 is 14.7 Å². The van der Waals surface area contributed by atoms with Gasteiger partial charge in [0.15, 0.2) is 0 Å². The number of carbonyl (C=O) groups is 2. The Hall–Kier alpha value is -2.09. The van der Waals surface area contributed by atoms with E-state index >= 15 is 0 Å². The summed E-state index contributed by atoms with van der Waals surface area (Å²) in [7, 11) is 0. The average molecular weight is 267 g/mol. The molecule has 104 valence electrons. The number of nitrogens with zero attached hydrogens (tertiary/aromatic N) is 3. The van der Waals surface area contributed by atoms with Crippen LogP contribution in [0.1, 0.15) is 6.42 Å². The van der Waals surface area contributed by atoms with Crippen molar-refractivity contribution in [2.45, 2.75) is 6.42 Å². The number of urea groups is 1. The lowest BCUT2D eigenvalue weighted by Gasteiger charge is -2.21. The number of carboxylic acids is 1. The Balaban J connectivity index is 1.84. The molecule has 19 heavy (non-hydrogen) atoms. The van der Waals surface area contributed by atoms with E-state index in [1.807, 2.05) is 4.90 Å². The molecular weight excluding hydrogens is 250 g/mol. The van der Waals surface area contributed by atoms with Crippen LogP contribution in [-0.4, -0.2) is 69.8 Å². The van der Waals surface area contributed by atoms with Gasteiger partial charge in [-0.05, 0) is 6.42 Å². The van der Waals surface area contributed by atoms with Crippen LogP contribution in [0.3, 0.4) is 0 Å². The quantitative estimate of drug-likeness (QED) is 0.717. The van der Waals surface area contributed by atoms with Crippen molar-refractivity contribution in [2.75, 3.05) is 38.0 Å². The van der Waals surface area contributed by atoms with E-state index < -0.39 is 5.97 Å². The summed E-state index contributed by atoms with van der Waals surface area (Å²) in [6.07, 6.45) is 3.91. The van der Waals surface area contributed by atoms with E-state index in [-0.39, 0.29) is 12.6 Å². The van der Waals surface area contributed by atoms with Crippen LogP contribution in [0.5, 0.6) is 0 Å². The number of rotatable bonds is 3. The van der Waals surface area contributed by atoms with Crippen molar-refractivity contribution in [3.63, 3.8) is 0 Å². The van der Waals surface area contributed by atoms with Crippen molar-refractivity contribution >= 4 is 17.7 Å². The van der Waals surface area contributed by atoms with Crippen molar-refractivity contribution in [3.05, 3.63) is 12.4 Å². The second-order valence-electron chi connectivity index (χ2n) is 4.43. The molecule has 0 unspecified atom stereocenters. The van der Waals surface area contributed by atoms with Gasteiger partial charge in [0, 0.05) is 32.4 Å². The molecule has 0 aliphatic carbocycles. The fourth-order valence-corrected chi connectivity index (χ4v) is 2.05. The van der Waals surface area contributed by atoms with Crippen LogP contribution < -0.4 is 5.32 Å². The molecule has 1 aliphatic rings. The molecule has 2 rings (SSSR count). The predicted octanol–water partition coefficient (Wildman–Crippen LogP) is 0.0339. The molecule has 1 fully saturated rings. The Kier molecular flexibility index (Phi) is 4.35. The number of hydrogen-bond acceptors (Lipinski definition) is 4. The Morgan fingerprint density at radius 3 is 2.89 bits per heavy atom. The normalized spacial score (nSPS) is 16.9. The lowest BCUT2D eigenvalue weighted by molar-refractivity contribution is -0.138.